The Kier molecular flexibility index (Phi) is 5.16. The minimum absolute atomic E-state index is 0.0805. The van der Waals surface area contributed by atoms with Crippen molar-refractivity contribution < 1.29 is 13.6 Å². The molecule has 1 aromatic carbocycles. The summed E-state index contributed by atoms with van der Waals surface area (Å²) in [5.74, 6) is -0.534. The molecule has 2 rings (SSSR count). The largest absolute Gasteiger partial charge is 0.415 e. The second-order valence-corrected chi connectivity index (χ2v) is 12.6. The molecule has 1 atom stereocenters. The lowest BCUT2D eigenvalue weighted by Crippen LogP contribution is -2.45. The molecule has 0 radical (unpaired) electrons. The molecule has 0 aromatic heterocycles. The van der Waals surface area contributed by atoms with Crippen LogP contribution in [0.4, 0.5) is 10.1 Å². The number of amides is 1. The molecule has 130 valence electrons. The van der Waals surface area contributed by atoms with Crippen LogP contribution < -0.4 is 4.90 Å². The van der Waals surface area contributed by atoms with E-state index in [0.717, 1.165) is 0 Å². The number of rotatable bonds is 4. The van der Waals surface area contributed by atoms with Gasteiger partial charge in [0.25, 0.3) is 0 Å². The van der Waals surface area contributed by atoms with Crippen molar-refractivity contribution in [2.45, 2.75) is 57.8 Å². The fraction of sp³-hybridized carbons (Fsp3) is 0.556. The molecule has 24 heavy (non-hydrogen) atoms. The monoisotopic (exact) mass is 348 g/mol. The van der Waals surface area contributed by atoms with Gasteiger partial charge in [-0.2, -0.15) is 5.26 Å². The predicted molar refractivity (Wildman–Crippen MR) is 94.8 cm³/mol. The van der Waals surface area contributed by atoms with Crippen molar-refractivity contribution >= 4 is 19.9 Å². The van der Waals surface area contributed by atoms with Crippen LogP contribution in [0.25, 0.3) is 0 Å². The Morgan fingerprint density at radius 1 is 1.42 bits per heavy atom. The highest BCUT2D eigenvalue weighted by atomic mass is 28.4. The van der Waals surface area contributed by atoms with Gasteiger partial charge in [-0.05, 0) is 42.8 Å². The van der Waals surface area contributed by atoms with E-state index in [0.29, 0.717) is 30.7 Å². The molecule has 1 aromatic rings. The highest BCUT2D eigenvalue weighted by Gasteiger charge is 2.40. The zero-order valence-electron chi connectivity index (χ0n) is 15.0. The lowest BCUT2D eigenvalue weighted by Gasteiger charge is -2.38. The van der Waals surface area contributed by atoms with E-state index in [4.69, 9.17) is 4.43 Å². The van der Waals surface area contributed by atoms with Gasteiger partial charge in [0.05, 0.1) is 23.9 Å². The van der Waals surface area contributed by atoms with Gasteiger partial charge in [0.1, 0.15) is 11.9 Å². The summed E-state index contributed by atoms with van der Waals surface area (Å²) in [4.78, 5) is 13.9. The average molecular weight is 348 g/mol. The second-order valence-electron chi connectivity index (χ2n) is 7.80. The molecule has 4 nitrogen and oxygen atoms in total. The van der Waals surface area contributed by atoms with Crippen LogP contribution in [0.15, 0.2) is 18.2 Å². The van der Waals surface area contributed by atoms with E-state index < -0.39 is 14.1 Å². The lowest BCUT2D eigenvalue weighted by atomic mass is 10.1. The first-order valence-electron chi connectivity index (χ1n) is 8.22. The van der Waals surface area contributed by atoms with Crippen LogP contribution in [-0.2, 0) is 9.22 Å². The molecule has 0 N–H and O–H groups in total. The third-order valence-electron chi connectivity index (χ3n) is 5.11. The van der Waals surface area contributed by atoms with Crippen LogP contribution in [0.1, 0.15) is 39.2 Å². The molecule has 0 unspecified atom stereocenters. The first-order chi connectivity index (χ1) is 11.1. The summed E-state index contributed by atoms with van der Waals surface area (Å²) >= 11 is 0. The van der Waals surface area contributed by atoms with Crippen molar-refractivity contribution in [3.05, 3.63) is 29.6 Å². The van der Waals surface area contributed by atoms with Crippen LogP contribution >= 0.6 is 0 Å². The van der Waals surface area contributed by atoms with Gasteiger partial charge in [0.2, 0.25) is 5.91 Å². The molecule has 1 saturated heterocycles. The fourth-order valence-electron chi connectivity index (χ4n) is 2.55. The van der Waals surface area contributed by atoms with Gasteiger partial charge < -0.3 is 9.33 Å². The van der Waals surface area contributed by atoms with Crippen LogP contribution in [-0.4, -0.2) is 26.9 Å². The van der Waals surface area contributed by atoms with Crippen molar-refractivity contribution in [3.8, 4) is 6.07 Å². The Bertz CT molecular complexity index is 677. The van der Waals surface area contributed by atoms with Crippen LogP contribution in [0.2, 0.25) is 18.1 Å². The van der Waals surface area contributed by atoms with Gasteiger partial charge in [-0.15, -0.1) is 0 Å². The first-order valence-corrected chi connectivity index (χ1v) is 11.1. The summed E-state index contributed by atoms with van der Waals surface area (Å²) in [5, 5.41) is 9.35. The Morgan fingerprint density at radius 3 is 2.67 bits per heavy atom. The molecule has 0 aliphatic carbocycles. The number of nitriles is 1. The Hall–Kier alpha value is -1.71. The number of nitrogens with zero attached hydrogens (tertiary/aromatic N) is 2. The molecule has 6 heteroatoms. The minimum Gasteiger partial charge on any atom is -0.415 e. The smallest absolute Gasteiger partial charge is 0.227 e. The molecule has 1 heterocycles. The SMILES string of the molecule is CC(C)(C)[Si](C)(C)OC[C@@H]1CCC(=O)N1c1cc(F)ccc1C#N. The molecule has 0 saturated carbocycles. The maximum Gasteiger partial charge on any atom is 0.227 e. The maximum absolute atomic E-state index is 13.7. The maximum atomic E-state index is 13.7. The molecule has 1 amide bonds. The number of hydrogen-bond donors (Lipinski definition) is 0. The summed E-state index contributed by atoms with van der Waals surface area (Å²) in [5.41, 5.74) is 0.660. The van der Waals surface area contributed by atoms with E-state index in [1.807, 2.05) is 6.07 Å². The molecule has 1 fully saturated rings. The van der Waals surface area contributed by atoms with Gasteiger partial charge in [-0.25, -0.2) is 4.39 Å². The summed E-state index contributed by atoms with van der Waals surface area (Å²) < 4.78 is 19.9. The minimum atomic E-state index is -1.93. The number of carbonyl (C=O) groups excluding carboxylic acids is 1. The van der Waals surface area contributed by atoms with Gasteiger partial charge in [0, 0.05) is 6.42 Å². The zero-order chi connectivity index (χ0) is 18.1. The number of hydrogen-bond acceptors (Lipinski definition) is 3. The molecule has 1 aliphatic heterocycles. The highest BCUT2D eigenvalue weighted by molar-refractivity contribution is 6.74. The molecular weight excluding hydrogens is 323 g/mol. The molecule has 0 spiro atoms. The Balaban J connectivity index is 2.25. The van der Waals surface area contributed by atoms with Crippen molar-refractivity contribution in [2.24, 2.45) is 0 Å². The van der Waals surface area contributed by atoms with Gasteiger partial charge in [0.15, 0.2) is 8.32 Å². The second kappa shape index (κ2) is 6.65. The van der Waals surface area contributed by atoms with E-state index in [1.54, 1.807) is 4.90 Å². The van der Waals surface area contributed by atoms with Crippen molar-refractivity contribution in [1.82, 2.24) is 0 Å². The lowest BCUT2D eigenvalue weighted by molar-refractivity contribution is -0.117. The first kappa shape index (κ1) is 18.6. The van der Waals surface area contributed by atoms with Crippen LogP contribution in [0.5, 0.6) is 0 Å². The topological polar surface area (TPSA) is 53.3 Å². The fourth-order valence-corrected chi connectivity index (χ4v) is 3.59. The van der Waals surface area contributed by atoms with E-state index in [2.05, 4.69) is 33.9 Å². The van der Waals surface area contributed by atoms with E-state index in [-0.39, 0.29) is 17.0 Å². The van der Waals surface area contributed by atoms with Crippen LogP contribution in [0, 0.1) is 17.1 Å². The quantitative estimate of drug-likeness (QED) is 0.766. The Morgan fingerprint density at radius 2 is 2.08 bits per heavy atom. The summed E-state index contributed by atoms with van der Waals surface area (Å²) in [7, 11) is -1.93. The van der Waals surface area contributed by atoms with Gasteiger partial charge >= 0.3 is 0 Å². The van der Waals surface area contributed by atoms with E-state index in [1.165, 1.54) is 18.2 Å². The van der Waals surface area contributed by atoms with E-state index >= 15 is 0 Å². The third kappa shape index (κ3) is 3.68. The number of benzene rings is 1. The molecular formula is C18H25FN2O2Si. The van der Waals surface area contributed by atoms with Crippen LogP contribution in [0.3, 0.4) is 0 Å². The number of anilines is 1. The van der Waals surface area contributed by atoms with Gasteiger partial charge in [-0.1, -0.05) is 20.8 Å². The standard InChI is InChI=1S/C18H25FN2O2Si/c1-18(2,3)24(4,5)23-12-15-8-9-17(22)21(15)16-10-14(19)7-6-13(16)11-20/h6-7,10,15H,8-9,12H2,1-5H3/t15-/m0/s1. The normalized spacial score (nSPS) is 18.8. The predicted octanol–water partition coefficient (Wildman–Crippen LogP) is 4.21. The number of carbonyl (C=O) groups is 1. The zero-order valence-corrected chi connectivity index (χ0v) is 16.0. The Labute approximate surface area is 144 Å². The van der Waals surface area contributed by atoms with E-state index in [9.17, 15) is 14.4 Å². The van der Waals surface area contributed by atoms with Crippen molar-refractivity contribution in [2.75, 3.05) is 11.5 Å². The van der Waals surface area contributed by atoms with Crippen molar-refractivity contribution in [3.63, 3.8) is 0 Å². The summed E-state index contributed by atoms with van der Waals surface area (Å²) in [6.45, 7) is 11.2. The van der Waals surface area contributed by atoms with Crippen molar-refractivity contribution in [1.29, 1.82) is 5.26 Å². The molecule has 1 aliphatic rings. The summed E-state index contributed by atoms with van der Waals surface area (Å²) in [6.07, 6.45) is 1.06. The summed E-state index contributed by atoms with van der Waals surface area (Å²) in [6, 6.07) is 5.82. The third-order valence-corrected chi connectivity index (χ3v) is 9.61. The van der Waals surface area contributed by atoms with Gasteiger partial charge in [-0.3, -0.25) is 4.79 Å². The number of halogens is 1. The average Bonchev–Trinajstić information content (AvgIpc) is 2.85. The molecule has 0 bridgehead atoms. The highest BCUT2D eigenvalue weighted by Crippen LogP contribution is 2.38.